The van der Waals surface area contributed by atoms with Gasteiger partial charge in [-0.15, -0.1) is 0 Å². The lowest BCUT2D eigenvalue weighted by atomic mass is 10.0. The topological polar surface area (TPSA) is 209 Å². The number of carbonyl (C=O) groups is 6. The van der Waals surface area contributed by atoms with Crippen LogP contribution in [0.5, 0.6) is 0 Å². The largest absolute Gasteiger partial charge is 0.457 e. The zero-order chi connectivity index (χ0) is 51.8. The molecule has 0 aliphatic carbocycles. The van der Waals surface area contributed by atoms with Crippen LogP contribution >= 0.6 is 0 Å². The Morgan fingerprint density at radius 1 is 0.338 bits per heavy atom. The molecule has 0 spiro atoms. The van der Waals surface area contributed by atoms with Crippen molar-refractivity contribution in [2.24, 2.45) is 0 Å². The predicted molar refractivity (Wildman–Crippen MR) is 277 cm³/mol. The monoisotopic (exact) mass is 988 g/mol. The van der Waals surface area contributed by atoms with Crippen molar-refractivity contribution >= 4 is 46.3 Å². The highest BCUT2D eigenvalue weighted by atomic mass is 16.5. The average Bonchev–Trinajstić information content (AvgIpc) is 3.45. The molecule has 0 unspecified atom stereocenters. The van der Waals surface area contributed by atoms with Crippen molar-refractivity contribution in [3.63, 3.8) is 0 Å². The van der Waals surface area contributed by atoms with Gasteiger partial charge < -0.3 is 41.0 Å². The lowest BCUT2D eigenvalue weighted by Gasteiger charge is -2.13. The lowest BCUT2D eigenvalue weighted by Crippen LogP contribution is -2.25. The van der Waals surface area contributed by atoms with Crippen LogP contribution in [-0.2, 0) is 62.1 Å². The van der Waals surface area contributed by atoms with Crippen LogP contribution in [-0.4, -0.2) is 45.8 Å². The van der Waals surface area contributed by atoms with Crippen LogP contribution in [0.3, 0.4) is 0 Å². The van der Waals surface area contributed by atoms with Gasteiger partial charge in [-0.1, -0.05) is 133 Å². The van der Waals surface area contributed by atoms with Crippen LogP contribution in [0.2, 0.25) is 0 Å². The number of fused-ring (bicyclic) bond motifs is 1. The second-order valence-corrected chi connectivity index (χ2v) is 17.2. The number of ether oxygens (including phenoxy) is 2. The molecule has 0 fully saturated rings. The first-order valence-corrected chi connectivity index (χ1v) is 23.8. The Morgan fingerprint density at radius 2 is 0.635 bits per heavy atom. The van der Waals surface area contributed by atoms with E-state index in [1.54, 1.807) is 133 Å². The van der Waals surface area contributed by atoms with E-state index in [1.165, 1.54) is 0 Å². The van der Waals surface area contributed by atoms with Gasteiger partial charge in [-0.25, -0.2) is 9.59 Å². The second kappa shape index (κ2) is 24.7. The second-order valence-electron chi connectivity index (χ2n) is 17.2. The molecular formula is C60H52N4O10. The van der Waals surface area contributed by atoms with Crippen LogP contribution in [0, 0.1) is 0 Å². The van der Waals surface area contributed by atoms with E-state index in [9.17, 15) is 39.0 Å². The van der Waals surface area contributed by atoms with E-state index in [1.807, 2.05) is 48.5 Å². The van der Waals surface area contributed by atoms with Crippen molar-refractivity contribution in [1.82, 2.24) is 21.3 Å². The van der Waals surface area contributed by atoms with E-state index in [4.69, 9.17) is 9.47 Å². The minimum Gasteiger partial charge on any atom is -0.457 e. The van der Waals surface area contributed by atoms with Gasteiger partial charge in [0.25, 0.3) is 23.6 Å². The van der Waals surface area contributed by atoms with Crippen molar-refractivity contribution in [1.29, 1.82) is 0 Å². The average molecular weight is 989 g/mol. The highest BCUT2D eigenvalue weighted by molar-refractivity contribution is 6.00. The van der Waals surface area contributed by atoms with Crippen molar-refractivity contribution in [2.45, 2.75) is 52.6 Å². The van der Waals surface area contributed by atoms with Gasteiger partial charge in [0.2, 0.25) is 0 Å². The summed E-state index contributed by atoms with van der Waals surface area (Å²) in [4.78, 5) is 79.0. The smallest absolute Gasteiger partial charge is 0.338 e. The van der Waals surface area contributed by atoms with Gasteiger partial charge >= 0.3 is 11.9 Å². The maximum Gasteiger partial charge on any atom is 0.338 e. The van der Waals surface area contributed by atoms with E-state index in [0.717, 1.165) is 22.3 Å². The Bertz CT molecular complexity index is 3150. The van der Waals surface area contributed by atoms with Gasteiger partial charge in [0, 0.05) is 59.6 Å². The minimum atomic E-state index is -0.603. The first-order chi connectivity index (χ1) is 36.1. The molecule has 0 aromatic heterocycles. The van der Waals surface area contributed by atoms with E-state index in [-0.39, 0.29) is 87.4 Å². The Balaban J connectivity index is 0.807. The van der Waals surface area contributed by atoms with E-state index in [2.05, 4.69) is 21.3 Å². The Kier molecular flexibility index (Phi) is 17.1. The predicted octanol–water partition coefficient (Wildman–Crippen LogP) is 8.26. The summed E-state index contributed by atoms with van der Waals surface area (Å²) in [5.41, 5.74) is 7.42. The number of rotatable bonds is 20. The molecular weight excluding hydrogens is 937 g/mol. The van der Waals surface area contributed by atoms with Gasteiger partial charge in [-0.3, -0.25) is 19.2 Å². The summed E-state index contributed by atoms with van der Waals surface area (Å²) in [6.45, 7) is 0.100. The summed E-state index contributed by atoms with van der Waals surface area (Å²) in [5.74, 6) is -2.52. The molecule has 0 aliphatic rings. The number of nitrogens with one attached hydrogen (secondary N) is 4. The number of aliphatic hydroxyl groups excluding tert-OH is 2. The Labute approximate surface area is 427 Å². The fourth-order valence-electron chi connectivity index (χ4n) is 8.26. The number of hydrogen-bond acceptors (Lipinski definition) is 10. The molecule has 372 valence electrons. The third-order valence-corrected chi connectivity index (χ3v) is 12.2. The van der Waals surface area contributed by atoms with Crippen LogP contribution in [0.4, 0.5) is 0 Å². The van der Waals surface area contributed by atoms with Gasteiger partial charge in [-0.2, -0.15) is 0 Å². The molecule has 14 nitrogen and oxygen atoms in total. The molecule has 0 radical (unpaired) electrons. The normalized spacial score (nSPS) is 10.8. The standard InChI is InChI=1S/C60H52N4O10/c65-35-47-15-1-5-19-51(47)55(67)61-31-39-11-9-13-41(27-39)33-63-57(69)53-21-7-3-17-49(53)37-73-59(71)45-25-23-44-30-46(26-24-43(44)29-45)60(72)74-38-50-18-4-8-22-54(50)58(70)64-34-42-14-10-12-40(28-42)32-62-56(68)52-20-6-2-16-48(52)36-66/h1-30,65-66H,31-38H2,(H,61,67)(H,62,68)(H,63,69)(H,64,70). The van der Waals surface area contributed by atoms with Crippen LogP contribution in [0.25, 0.3) is 10.8 Å². The third-order valence-electron chi connectivity index (χ3n) is 12.2. The number of hydrogen-bond donors (Lipinski definition) is 6. The first kappa shape index (κ1) is 51.1. The van der Waals surface area contributed by atoms with E-state index in [0.29, 0.717) is 55.3 Å². The quantitative estimate of drug-likeness (QED) is 0.0403. The molecule has 0 bridgehead atoms. The summed E-state index contributed by atoms with van der Waals surface area (Å²) in [7, 11) is 0. The van der Waals surface area contributed by atoms with Crippen LogP contribution in [0.1, 0.15) is 107 Å². The van der Waals surface area contributed by atoms with Crippen molar-refractivity contribution in [3.8, 4) is 0 Å². The van der Waals surface area contributed by atoms with Crippen LogP contribution < -0.4 is 21.3 Å². The minimum absolute atomic E-state index is 0.162. The zero-order valence-electron chi connectivity index (χ0n) is 40.1. The van der Waals surface area contributed by atoms with Gasteiger partial charge in [0.15, 0.2) is 0 Å². The molecule has 6 N–H and O–H groups in total. The highest BCUT2D eigenvalue weighted by Crippen LogP contribution is 2.22. The summed E-state index contributed by atoms with van der Waals surface area (Å²) in [6.07, 6.45) is 0. The molecule has 0 aliphatic heterocycles. The molecule has 4 amide bonds. The first-order valence-electron chi connectivity index (χ1n) is 23.8. The maximum atomic E-state index is 13.4. The zero-order valence-corrected chi connectivity index (χ0v) is 40.1. The maximum absolute atomic E-state index is 13.4. The molecule has 8 rings (SSSR count). The SMILES string of the molecule is O=C(OCc1ccccc1C(=O)NCc1cccc(CNC(=O)c2ccccc2CO)c1)c1ccc2cc(C(=O)OCc3ccccc3C(=O)NCc3cccc(CNC(=O)c4ccccc4CO)c3)ccc2c1. The molecule has 8 aromatic rings. The summed E-state index contributed by atoms with van der Waals surface area (Å²) >= 11 is 0. The lowest BCUT2D eigenvalue weighted by molar-refractivity contribution is 0.0462. The van der Waals surface area contributed by atoms with Gasteiger partial charge in [0.1, 0.15) is 13.2 Å². The van der Waals surface area contributed by atoms with Crippen molar-refractivity contribution < 1.29 is 48.5 Å². The molecule has 0 atom stereocenters. The number of amides is 4. The molecule has 14 heteroatoms. The highest BCUT2D eigenvalue weighted by Gasteiger charge is 2.18. The van der Waals surface area contributed by atoms with Crippen molar-refractivity contribution in [2.75, 3.05) is 0 Å². The number of carbonyl (C=O) groups excluding carboxylic acids is 6. The Morgan fingerprint density at radius 3 is 0.959 bits per heavy atom. The van der Waals surface area contributed by atoms with Gasteiger partial charge in [-0.05, 0) is 92.7 Å². The fourth-order valence-corrected chi connectivity index (χ4v) is 8.26. The molecule has 0 saturated heterocycles. The van der Waals surface area contributed by atoms with Gasteiger partial charge in [0.05, 0.1) is 24.3 Å². The van der Waals surface area contributed by atoms with Crippen molar-refractivity contribution in [3.05, 3.63) is 260 Å². The Hall–Kier alpha value is -9.24. The number of esters is 2. The number of aliphatic hydroxyl groups is 2. The fraction of sp³-hybridized carbons (Fsp3) is 0.133. The third kappa shape index (κ3) is 13.2. The molecule has 8 aromatic carbocycles. The molecule has 0 heterocycles. The van der Waals surface area contributed by atoms with E-state index < -0.39 is 11.9 Å². The van der Waals surface area contributed by atoms with Crippen LogP contribution in [0.15, 0.2) is 182 Å². The summed E-state index contributed by atoms with van der Waals surface area (Å²) in [5, 5.41) is 32.2. The summed E-state index contributed by atoms with van der Waals surface area (Å²) < 4.78 is 11.4. The molecule has 74 heavy (non-hydrogen) atoms. The van der Waals surface area contributed by atoms with E-state index >= 15 is 0 Å². The molecule has 0 saturated carbocycles. The number of benzene rings is 8. The summed E-state index contributed by atoms with van der Waals surface area (Å²) in [6, 6.07) is 52.2.